The molecule has 1 amide bonds. The maximum Gasteiger partial charge on any atom is 0.275 e. The number of hydrogen-bond acceptors (Lipinski definition) is 5. The highest BCUT2D eigenvalue weighted by molar-refractivity contribution is 5.97. The van der Waals surface area contributed by atoms with Crippen molar-refractivity contribution < 1.29 is 19.4 Å². The third-order valence-corrected chi connectivity index (χ3v) is 2.93. The summed E-state index contributed by atoms with van der Waals surface area (Å²) in [6, 6.07) is 11.3. The minimum absolute atomic E-state index is 0.171. The third kappa shape index (κ3) is 3.76. The summed E-state index contributed by atoms with van der Waals surface area (Å²) in [7, 11) is 3.02. The maximum atomic E-state index is 12.1. The van der Waals surface area contributed by atoms with Crippen LogP contribution in [0.5, 0.6) is 17.2 Å². The fourth-order valence-electron chi connectivity index (χ4n) is 1.77. The van der Waals surface area contributed by atoms with Crippen LogP contribution in [0.1, 0.15) is 15.9 Å². The Kier molecular flexibility index (Phi) is 4.98. The van der Waals surface area contributed by atoms with Gasteiger partial charge < -0.3 is 14.6 Å². The quantitative estimate of drug-likeness (QED) is 0.655. The van der Waals surface area contributed by atoms with Crippen LogP contribution in [0, 0.1) is 0 Å². The first-order valence-corrected chi connectivity index (χ1v) is 6.48. The summed E-state index contributed by atoms with van der Waals surface area (Å²) in [5.74, 6) is 0.774. The van der Waals surface area contributed by atoms with Crippen molar-refractivity contribution in [3.63, 3.8) is 0 Å². The predicted molar refractivity (Wildman–Crippen MR) is 82.7 cm³/mol. The van der Waals surface area contributed by atoms with E-state index >= 15 is 0 Å². The van der Waals surface area contributed by atoms with Crippen molar-refractivity contribution in [3.8, 4) is 17.2 Å². The molecule has 0 fully saturated rings. The molecule has 0 radical (unpaired) electrons. The van der Waals surface area contributed by atoms with E-state index in [2.05, 4.69) is 10.5 Å². The van der Waals surface area contributed by atoms with Crippen LogP contribution in [0.25, 0.3) is 0 Å². The van der Waals surface area contributed by atoms with Gasteiger partial charge in [-0.05, 0) is 42.0 Å². The van der Waals surface area contributed by atoms with Crippen LogP contribution in [0.3, 0.4) is 0 Å². The highest BCUT2D eigenvalue weighted by Crippen LogP contribution is 2.24. The molecule has 0 saturated heterocycles. The monoisotopic (exact) mass is 300 g/mol. The zero-order chi connectivity index (χ0) is 15.9. The molecule has 0 aromatic heterocycles. The summed E-state index contributed by atoms with van der Waals surface area (Å²) < 4.78 is 10.2. The van der Waals surface area contributed by atoms with E-state index < -0.39 is 5.91 Å². The summed E-state index contributed by atoms with van der Waals surface area (Å²) >= 11 is 0. The van der Waals surface area contributed by atoms with Crippen molar-refractivity contribution in [2.75, 3.05) is 14.2 Å². The number of aromatic hydroxyl groups is 1. The lowest BCUT2D eigenvalue weighted by Crippen LogP contribution is -2.18. The fourth-order valence-corrected chi connectivity index (χ4v) is 1.77. The Labute approximate surface area is 128 Å². The van der Waals surface area contributed by atoms with E-state index in [4.69, 9.17) is 9.47 Å². The first-order chi connectivity index (χ1) is 10.6. The van der Waals surface area contributed by atoms with Gasteiger partial charge in [-0.2, -0.15) is 5.10 Å². The van der Waals surface area contributed by atoms with Crippen molar-refractivity contribution in [1.29, 1.82) is 0 Å². The average Bonchev–Trinajstić information content (AvgIpc) is 2.55. The maximum absolute atomic E-state index is 12.1. The van der Waals surface area contributed by atoms with Gasteiger partial charge in [0.25, 0.3) is 5.91 Å². The number of hydrogen-bond donors (Lipinski definition) is 2. The van der Waals surface area contributed by atoms with Crippen LogP contribution in [-0.4, -0.2) is 31.4 Å². The number of ether oxygens (including phenoxy) is 2. The Morgan fingerprint density at radius 3 is 2.50 bits per heavy atom. The van der Waals surface area contributed by atoms with Crippen molar-refractivity contribution in [3.05, 3.63) is 53.6 Å². The fraction of sp³-hybridized carbons (Fsp3) is 0.125. The lowest BCUT2D eigenvalue weighted by atomic mass is 10.2. The smallest absolute Gasteiger partial charge is 0.275 e. The summed E-state index contributed by atoms with van der Waals surface area (Å²) in [5.41, 5.74) is 3.52. The van der Waals surface area contributed by atoms with E-state index in [-0.39, 0.29) is 5.75 Å². The normalized spacial score (nSPS) is 10.5. The topological polar surface area (TPSA) is 80.2 Å². The molecule has 114 valence electrons. The molecule has 6 heteroatoms. The number of methoxy groups -OCH3 is 2. The molecule has 2 aromatic carbocycles. The van der Waals surface area contributed by atoms with Crippen molar-refractivity contribution in [2.24, 2.45) is 5.10 Å². The molecule has 2 aromatic rings. The molecule has 0 aliphatic carbocycles. The molecule has 0 spiro atoms. The number of rotatable bonds is 5. The molecule has 2 rings (SSSR count). The number of hydrazone groups is 1. The third-order valence-electron chi connectivity index (χ3n) is 2.93. The van der Waals surface area contributed by atoms with Gasteiger partial charge in [0.1, 0.15) is 17.2 Å². The Balaban J connectivity index is 2.07. The average molecular weight is 300 g/mol. The zero-order valence-corrected chi connectivity index (χ0v) is 12.2. The molecule has 0 atom stereocenters. The molecular weight excluding hydrogens is 284 g/mol. The van der Waals surface area contributed by atoms with Gasteiger partial charge in [0.2, 0.25) is 0 Å². The van der Waals surface area contributed by atoms with E-state index in [1.54, 1.807) is 30.3 Å². The van der Waals surface area contributed by atoms with Crippen LogP contribution < -0.4 is 14.9 Å². The summed E-state index contributed by atoms with van der Waals surface area (Å²) in [5, 5.41) is 13.1. The summed E-state index contributed by atoms with van der Waals surface area (Å²) in [6.07, 6.45) is 1.48. The SMILES string of the molecule is COc1ccc(C(=O)N/N=C/c2ccc(O)cc2)c(OC)c1. The van der Waals surface area contributed by atoms with Crippen LogP contribution in [-0.2, 0) is 0 Å². The number of nitrogens with zero attached hydrogens (tertiary/aromatic N) is 1. The van der Waals surface area contributed by atoms with Gasteiger partial charge in [-0.1, -0.05) is 0 Å². The highest BCUT2D eigenvalue weighted by atomic mass is 16.5. The molecule has 0 bridgehead atoms. The molecule has 0 unspecified atom stereocenters. The molecule has 0 aliphatic rings. The summed E-state index contributed by atoms with van der Waals surface area (Å²) in [4.78, 5) is 12.1. The predicted octanol–water partition coefficient (Wildman–Crippen LogP) is 2.17. The molecule has 2 N–H and O–H groups in total. The molecule has 0 aliphatic heterocycles. The number of phenols is 1. The van der Waals surface area contributed by atoms with E-state index in [0.717, 1.165) is 5.56 Å². The second-order valence-corrected chi connectivity index (χ2v) is 4.36. The number of benzene rings is 2. The molecule has 22 heavy (non-hydrogen) atoms. The Morgan fingerprint density at radius 1 is 1.14 bits per heavy atom. The van der Waals surface area contributed by atoms with Crippen LogP contribution >= 0.6 is 0 Å². The highest BCUT2D eigenvalue weighted by Gasteiger charge is 2.12. The van der Waals surface area contributed by atoms with E-state index in [1.807, 2.05) is 0 Å². The number of carbonyl (C=O) groups is 1. The van der Waals surface area contributed by atoms with Gasteiger partial charge in [0.15, 0.2) is 0 Å². The molecule has 0 heterocycles. The van der Waals surface area contributed by atoms with Gasteiger partial charge in [-0.15, -0.1) is 0 Å². The van der Waals surface area contributed by atoms with Gasteiger partial charge in [0.05, 0.1) is 26.0 Å². The van der Waals surface area contributed by atoms with Gasteiger partial charge in [-0.3, -0.25) is 4.79 Å². The molecule has 0 saturated carbocycles. The number of phenolic OH excluding ortho intramolecular Hbond substituents is 1. The van der Waals surface area contributed by atoms with E-state index in [9.17, 15) is 9.90 Å². The van der Waals surface area contributed by atoms with Crippen LogP contribution in [0.4, 0.5) is 0 Å². The Bertz CT molecular complexity index is 681. The van der Waals surface area contributed by atoms with Gasteiger partial charge in [-0.25, -0.2) is 5.43 Å². The minimum atomic E-state index is -0.394. The molecular formula is C16H16N2O4. The lowest BCUT2D eigenvalue weighted by molar-refractivity contribution is 0.0952. The minimum Gasteiger partial charge on any atom is -0.508 e. The van der Waals surface area contributed by atoms with Crippen molar-refractivity contribution >= 4 is 12.1 Å². The second-order valence-electron chi connectivity index (χ2n) is 4.36. The largest absolute Gasteiger partial charge is 0.508 e. The Morgan fingerprint density at radius 2 is 1.86 bits per heavy atom. The lowest BCUT2D eigenvalue weighted by Gasteiger charge is -2.08. The van der Waals surface area contributed by atoms with Crippen molar-refractivity contribution in [2.45, 2.75) is 0 Å². The zero-order valence-electron chi connectivity index (χ0n) is 12.2. The van der Waals surface area contributed by atoms with E-state index in [0.29, 0.717) is 17.1 Å². The number of amides is 1. The van der Waals surface area contributed by atoms with Crippen LogP contribution in [0.2, 0.25) is 0 Å². The number of carbonyl (C=O) groups excluding carboxylic acids is 1. The van der Waals surface area contributed by atoms with Crippen molar-refractivity contribution in [1.82, 2.24) is 5.43 Å². The summed E-state index contributed by atoms with van der Waals surface area (Å²) in [6.45, 7) is 0. The van der Waals surface area contributed by atoms with Gasteiger partial charge >= 0.3 is 0 Å². The number of nitrogens with one attached hydrogen (secondary N) is 1. The van der Waals surface area contributed by atoms with Crippen LogP contribution in [0.15, 0.2) is 47.6 Å². The van der Waals surface area contributed by atoms with E-state index in [1.165, 1.54) is 32.6 Å². The Hall–Kier alpha value is -3.02. The van der Waals surface area contributed by atoms with Gasteiger partial charge in [0, 0.05) is 6.07 Å². The first-order valence-electron chi connectivity index (χ1n) is 6.48. The first kappa shape index (κ1) is 15.4. The molecule has 6 nitrogen and oxygen atoms in total. The second kappa shape index (κ2) is 7.12. The standard InChI is InChI=1S/C16H16N2O4/c1-21-13-7-8-14(15(9-13)22-2)16(20)18-17-10-11-3-5-12(19)6-4-11/h3-10,19H,1-2H3,(H,18,20)/b17-10+.